The van der Waals surface area contributed by atoms with Crippen LogP contribution in [-0.2, 0) is 13.6 Å². The van der Waals surface area contributed by atoms with Gasteiger partial charge in [-0.15, -0.1) is 0 Å². The standard InChI is InChI=1S/C14H16ClN3O/c1-10-7-8-11(18(10)2)9-16-14(19)17-13-6-4-3-5-12(13)15/h3-8H,9H2,1-2H3,(H2,16,17,19). The Labute approximate surface area is 117 Å². The number of aromatic nitrogens is 1. The van der Waals surface area contributed by atoms with Crippen LogP contribution in [0.25, 0.3) is 0 Å². The van der Waals surface area contributed by atoms with Crippen molar-refractivity contribution in [2.24, 2.45) is 7.05 Å². The summed E-state index contributed by atoms with van der Waals surface area (Å²) < 4.78 is 2.04. The number of nitrogens with zero attached hydrogens (tertiary/aromatic N) is 1. The number of amides is 2. The Morgan fingerprint density at radius 2 is 2.00 bits per heavy atom. The smallest absolute Gasteiger partial charge is 0.319 e. The van der Waals surface area contributed by atoms with Crippen LogP contribution in [0.1, 0.15) is 11.4 Å². The first-order valence-electron chi connectivity index (χ1n) is 5.98. The number of hydrogen-bond donors (Lipinski definition) is 2. The van der Waals surface area contributed by atoms with Gasteiger partial charge in [0.05, 0.1) is 17.3 Å². The average molecular weight is 278 g/mol. The maximum Gasteiger partial charge on any atom is 0.319 e. The van der Waals surface area contributed by atoms with Crippen molar-refractivity contribution in [1.29, 1.82) is 0 Å². The van der Waals surface area contributed by atoms with Crippen LogP contribution in [0.3, 0.4) is 0 Å². The largest absolute Gasteiger partial charge is 0.350 e. The number of rotatable bonds is 3. The number of para-hydroxylation sites is 1. The summed E-state index contributed by atoms with van der Waals surface area (Å²) in [6.45, 7) is 2.49. The predicted molar refractivity (Wildman–Crippen MR) is 77.5 cm³/mol. The zero-order valence-corrected chi connectivity index (χ0v) is 11.7. The van der Waals surface area contributed by atoms with Crippen LogP contribution in [0.4, 0.5) is 10.5 Å². The minimum absolute atomic E-state index is 0.271. The van der Waals surface area contributed by atoms with Crippen LogP contribution in [0.2, 0.25) is 5.02 Å². The van der Waals surface area contributed by atoms with Gasteiger partial charge in [-0.25, -0.2) is 4.79 Å². The number of nitrogens with one attached hydrogen (secondary N) is 2. The molecule has 1 aromatic heterocycles. The molecule has 0 bridgehead atoms. The van der Waals surface area contributed by atoms with E-state index in [-0.39, 0.29) is 6.03 Å². The molecule has 5 heteroatoms. The minimum atomic E-state index is -0.271. The van der Waals surface area contributed by atoms with E-state index in [1.165, 1.54) is 0 Å². The maximum atomic E-state index is 11.8. The van der Waals surface area contributed by atoms with Crippen LogP contribution in [0, 0.1) is 6.92 Å². The first kappa shape index (κ1) is 13.5. The summed E-state index contributed by atoms with van der Waals surface area (Å²) in [4.78, 5) is 11.8. The third-order valence-corrected chi connectivity index (χ3v) is 3.36. The Kier molecular flexibility index (Phi) is 4.12. The Morgan fingerprint density at radius 3 is 2.63 bits per heavy atom. The highest BCUT2D eigenvalue weighted by molar-refractivity contribution is 6.33. The number of carbonyl (C=O) groups excluding carboxylic acids is 1. The molecule has 19 heavy (non-hydrogen) atoms. The van der Waals surface area contributed by atoms with Gasteiger partial charge >= 0.3 is 6.03 Å². The molecule has 100 valence electrons. The van der Waals surface area contributed by atoms with Crippen LogP contribution < -0.4 is 10.6 Å². The molecule has 1 aromatic carbocycles. The SMILES string of the molecule is Cc1ccc(CNC(=O)Nc2ccccc2Cl)n1C. The Morgan fingerprint density at radius 1 is 1.26 bits per heavy atom. The zero-order chi connectivity index (χ0) is 13.8. The van der Waals surface area contributed by atoms with E-state index in [1.807, 2.05) is 42.8 Å². The lowest BCUT2D eigenvalue weighted by atomic mass is 10.3. The van der Waals surface area contributed by atoms with Crippen LogP contribution in [0.5, 0.6) is 0 Å². The van der Waals surface area contributed by atoms with Crippen LogP contribution in [0.15, 0.2) is 36.4 Å². The predicted octanol–water partition coefficient (Wildman–Crippen LogP) is 3.31. The van der Waals surface area contributed by atoms with Crippen LogP contribution >= 0.6 is 11.6 Å². The van der Waals surface area contributed by atoms with Gasteiger partial charge in [0.1, 0.15) is 0 Å². The van der Waals surface area contributed by atoms with E-state index in [0.29, 0.717) is 17.3 Å². The molecule has 0 aliphatic heterocycles. The van der Waals surface area contributed by atoms with Crippen molar-refractivity contribution in [1.82, 2.24) is 9.88 Å². The highest BCUT2D eigenvalue weighted by Crippen LogP contribution is 2.20. The van der Waals surface area contributed by atoms with Crippen molar-refractivity contribution in [3.63, 3.8) is 0 Å². The molecule has 0 saturated heterocycles. The van der Waals surface area contributed by atoms with Crippen molar-refractivity contribution >= 4 is 23.3 Å². The second-order valence-corrected chi connectivity index (χ2v) is 4.72. The molecule has 2 rings (SSSR count). The van der Waals surface area contributed by atoms with Gasteiger partial charge < -0.3 is 15.2 Å². The minimum Gasteiger partial charge on any atom is -0.350 e. The van der Waals surface area contributed by atoms with Gasteiger partial charge in [-0.05, 0) is 31.2 Å². The van der Waals surface area contributed by atoms with E-state index in [4.69, 9.17) is 11.6 Å². The maximum absolute atomic E-state index is 11.8. The summed E-state index contributed by atoms with van der Waals surface area (Å²) in [7, 11) is 1.97. The van der Waals surface area contributed by atoms with Gasteiger partial charge in [-0.2, -0.15) is 0 Å². The molecule has 1 heterocycles. The molecule has 2 amide bonds. The second kappa shape index (κ2) is 5.80. The number of benzene rings is 1. The summed E-state index contributed by atoms with van der Waals surface area (Å²) in [5.41, 5.74) is 2.81. The second-order valence-electron chi connectivity index (χ2n) is 4.31. The Bertz CT molecular complexity index is 592. The number of halogens is 1. The van der Waals surface area contributed by atoms with Crippen molar-refractivity contribution in [3.8, 4) is 0 Å². The van der Waals surface area contributed by atoms with E-state index in [9.17, 15) is 4.79 Å². The summed E-state index contributed by atoms with van der Waals surface area (Å²) in [5.74, 6) is 0. The van der Waals surface area contributed by atoms with Crippen molar-refractivity contribution < 1.29 is 4.79 Å². The van der Waals surface area contributed by atoms with E-state index >= 15 is 0 Å². The van der Waals surface area contributed by atoms with Gasteiger partial charge in [-0.1, -0.05) is 23.7 Å². The monoisotopic (exact) mass is 277 g/mol. The molecule has 0 unspecified atom stereocenters. The molecule has 0 aliphatic rings. The van der Waals surface area contributed by atoms with E-state index in [2.05, 4.69) is 10.6 Å². The lowest BCUT2D eigenvalue weighted by Gasteiger charge is -2.10. The van der Waals surface area contributed by atoms with Crippen molar-refractivity contribution in [3.05, 3.63) is 52.8 Å². The molecular formula is C14H16ClN3O. The number of hydrogen-bond acceptors (Lipinski definition) is 1. The fraction of sp³-hybridized carbons (Fsp3) is 0.214. The zero-order valence-electron chi connectivity index (χ0n) is 10.9. The third kappa shape index (κ3) is 3.29. The number of anilines is 1. The van der Waals surface area contributed by atoms with Gasteiger partial charge in [0.15, 0.2) is 0 Å². The highest BCUT2D eigenvalue weighted by Gasteiger charge is 2.06. The fourth-order valence-electron chi connectivity index (χ4n) is 1.74. The molecule has 0 atom stereocenters. The molecule has 4 nitrogen and oxygen atoms in total. The average Bonchev–Trinajstić information content (AvgIpc) is 2.70. The quantitative estimate of drug-likeness (QED) is 0.888. The topological polar surface area (TPSA) is 46.1 Å². The molecule has 0 spiro atoms. The van der Waals surface area contributed by atoms with E-state index in [1.54, 1.807) is 12.1 Å². The molecule has 2 aromatic rings. The summed E-state index contributed by atoms with van der Waals surface area (Å²) in [6.07, 6.45) is 0. The summed E-state index contributed by atoms with van der Waals surface area (Å²) in [6, 6.07) is 10.9. The molecular weight excluding hydrogens is 262 g/mol. The van der Waals surface area contributed by atoms with Gasteiger partial charge in [0, 0.05) is 18.4 Å². The van der Waals surface area contributed by atoms with Crippen molar-refractivity contribution in [2.75, 3.05) is 5.32 Å². The Balaban J connectivity index is 1.92. The molecule has 0 radical (unpaired) electrons. The lowest BCUT2D eigenvalue weighted by molar-refractivity contribution is 0.251. The number of aryl methyl sites for hydroxylation is 1. The van der Waals surface area contributed by atoms with Crippen LogP contribution in [-0.4, -0.2) is 10.6 Å². The number of carbonyl (C=O) groups is 1. The third-order valence-electron chi connectivity index (χ3n) is 3.03. The molecule has 0 fully saturated rings. The summed E-state index contributed by atoms with van der Waals surface area (Å²) in [5, 5.41) is 6.04. The van der Waals surface area contributed by atoms with Gasteiger partial charge in [0.25, 0.3) is 0 Å². The lowest BCUT2D eigenvalue weighted by Crippen LogP contribution is -2.29. The Hall–Kier alpha value is -1.94. The normalized spacial score (nSPS) is 10.3. The first-order chi connectivity index (χ1) is 9.08. The van der Waals surface area contributed by atoms with Gasteiger partial charge in [0.2, 0.25) is 0 Å². The molecule has 2 N–H and O–H groups in total. The number of urea groups is 1. The molecule has 0 aliphatic carbocycles. The highest BCUT2D eigenvalue weighted by atomic mass is 35.5. The summed E-state index contributed by atoms with van der Waals surface area (Å²) >= 11 is 5.97. The van der Waals surface area contributed by atoms with E-state index < -0.39 is 0 Å². The molecule has 0 saturated carbocycles. The first-order valence-corrected chi connectivity index (χ1v) is 6.36. The van der Waals surface area contributed by atoms with Crippen molar-refractivity contribution in [2.45, 2.75) is 13.5 Å². The van der Waals surface area contributed by atoms with Gasteiger partial charge in [-0.3, -0.25) is 0 Å². The van der Waals surface area contributed by atoms with E-state index in [0.717, 1.165) is 11.4 Å². The fourth-order valence-corrected chi connectivity index (χ4v) is 1.93.